The second-order valence-corrected chi connectivity index (χ2v) is 7.43. The van der Waals surface area contributed by atoms with E-state index in [1.807, 2.05) is 26.0 Å². The minimum atomic E-state index is -0.578. The zero-order valence-corrected chi connectivity index (χ0v) is 17.2. The Balaban J connectivity index is 1.94. The molecule has 28 heavy (non-hydrogen) atoms. The van der Waals surface area contributed by atoms with Crippen LogP contribution in [0.3, 0.4) is 0 Å². The molecule has 0 saturated heterocycles. The number of nitrogens with one attached hydrogen (secondary N) is 3. The number of carbonyl (C=O) groups is 2. The van der Waals surface area contributed by atoms with Crippen LogP contribution in [-0.4, -0.2) is 35.8 Å². The van der Waals surface area contributed by atoms with E-state index >= 15 is 0 Å². The number of nitrogens with zero attached hydrogens (tertiary/aromatic N) is 2. The van der Waals surface area contributed by atoms with Gasteiger partial charge in [0.15, 0.2) is 5.96 Å². The van der Waals surface area contributed by atoms with Gasteiger partial charge in [-0.25, -0.2) is 9.98 Å². The summed E-state index contributed by atoms with van der Waals surface area (Å²) in [5.41, 5.74) is 7.51. The van der Waals surface area contributed by atoms with Gasteiger partial charge < -0.3 is 21.7 Å². The minimum absolute atomic E-state index is 0.180. The van der Waals surface area contributed by atoms with E-state index in [1.54, 1.807) is 23.5 Å². The van der Waals surface area contributed by atoms with Gasteiger partial charge in [0.05, 0.1) is 25.3 Å². The third kappa shape index (κ3) is 6.66. The van der Waals surface area contributed by atoms with Gasteiger partial charge in [0, 0.05) is 17.0 Å². The summed E-state index contributed by atoms with van der Waals surface area (Å²) >= 11 is 1.68. The number of nitrogens with two attached hydrogens (primary N) is 1. The second-order valence-electron chi connectivity index (χ2n) is 6.14. The number of primary amides is 1. The van der Waals surface area contributed by atoms with Crippen molar-refractivity contribution in [1.82, 2.24) is 20.9 Å². The maximum Gasteiger partial charge on any atom is 0.251 e. The van der Waals surface area contributed by atoms with E-state index in [0.29, 0.717) is 24.6 Å². The van der Waals surface area contributed by atoms with E-state index in [9.17, 15) is 9.59 Å². The maximum absolute atomic E-state index is 11.9. The number of aryl methyl sites for hydroxylation is 2. The van der Waals surface area contributed by atoms with E-state index < -0.39 is 5.91 Å². The van der Waals surface area contributed by atoms with Crippen molar-refractivity contribution < 1.29 is 9.59 Å². The van der Waals surface area contributed by atoms with Crippen LogP contribution in [0, 0.1) is 13.8 Å². The number of hydrogen-bond acceptors (Lipinski definition) is 5. The van der Waals surface area contributed by atoms with Gasteiger partial charge in [-0.2, -0.15) is 0 Å². The SMILES string of the molecule is CCNC(=NCc1ccc(C(=O)NCC(N)=O)cc1)NCc1nc(C)c(C)s1. The van der Waals surface area contributed by atoms with Gasteiger partial charge in [0.2, 0.25) is 5.91 Å². The summed E-state index contributed by atoms with van der Waals surface area (Å²) in [6.07, 6.45) is 0. The lowest BCUT2D eigenvalue weighted by molar-refractivity contribution is -0.117. The summed E-state index contributed by atoms with van der Waals surface area (Å²) in [5.74, 6) is -0.208. The second kappa shape index (κ2) is 10.4. The Morgan fingerprint density at radius 1 is 1.14 bits per heavy atom. The van der Waals surface area contributed by atoms with Gasteiger partial charge in [-0.1, -0.05) is 12.1 Å². The summed E-state index contributed by atoms with van der Waals surface area (Å²) < 4.78 is 0. The quantitative estimate of drug-likeness (QED) is 0.391. The Kier molecular flexibility index (Phi) is 7.94. The van der Waals surface area contributed by atoms with Gasteiger partial charge in [-0.05, 0) is 38.5 Å². The molecule has 150 valence electrons. The summed E-state index contributed by atoms with van der Waals surface area (Å²) in [6, 6.07) is 7.06. The van der Waals surface area contributed by atoms with Crippen molar-refractivity contribution in [1.29, 1.82) is 0 Å². The summed E-state index contributed by atoms with van der Waals surface area (Å²) in [7, 11) is 0. The Hall–Kier alpha value is -2.94. The molecule has 0 fully saturated rings. The fraction of sp³-hybridized carbons (Fsp3) is 0.368. The zero-order valence-electron chi connectivity index (χ0n) is 16.3. The molecule has 0 saturated carbocycles. The molecule has 0 radical (unpaired) electrons. The molecule has 2 rings (SSSR count). The molecule has 1 aromatic carbocycles. The van der Waals surface area contributed by atoms with Gasteiger partial charge in [0.25, 0.3) is 5.91 Å². The van der Waals surface area contributed by atoms with Gasteiger partial charge in [-0.15, -0.1) is 11.3 Å². The lowest BCUT2D eigenvalue weighted by atomic mass is 10.1. The highest BCUT2D eigenvalue weighted by Gasteiger charge is 2.07. The molecule has 5 N–H and O–H groups in total. The molecular weight excluding hydrogens is 376 g/mol. The van der Waals surface area contributed by atoms with E-state index in [4.69, 9.17) is 5.73 Å². The number of benzene rings is 1. The third-order valence-electron chi connectivity index (χ3n) is 3.88. The van der Waals surface area contributed by atoms with Gasteiger partial charge in [-0.3, -0.25) is 9.59 Å². The summed E-state index contributed by atoms with van der Waals surface area (Å²) in [6.45, 7) is 7.73. The van der Waals surface area contributed by atoms with Crippen LogP contribution in [0.5, 0.6) is 0 Å². The first kappa shape index (κ1) is 21.4. The van der Waals surface area contributed by atoms with Crippen LogP contribution in [0.2, 0.25) is 0 Å². The predicted molar refractivity (Wildman–Crippen MR) is 111 cm³/mol. The third-order valence-corrected chi connectivity index (χ3v) is 4.96. The van der Waals surface area contributed by atoms with Crippen molar-refractivity contribution in [2.75, 3.05) is 13.1 Å². The van der Waals surface area contributed by atoms with Crippen LogP contribution in [-0.2, 0) is 17.9 Å². The molecule has 0 atom stereocenters. The summed E-state index contributed by atoms with van der Waals surface area (Å²) in [4.78, 5) is 32.9. The van der Waals surface area contributed by atoms with E-state index in [-0.39, 0.29) is 12.5 Å². The smallest absolute Gasteiger partial charge is 0.251 e. The number of guanidine groups is 1. The van der Waals surface area contributed by atoms with Gasteiger partial charge >= 0.3 is 0 Å². The number of amides is 2. The first-order chi connectivity index (χ1) is 13.4. The number of carbonyl (C=O) groups excluding carboxylic acids is 2. The molecule has 2 amide bonds. The molecule has 0 spiro atoms. The van der Waals surface area contributed by atoms with Crippen molar-refractivity contribution >= 4 is 29.1 Å². The van der Waals surface area contributed by atoms with Crippen LogP contribution in [0.25, 0.3) is 0 Å². The number of thiazole rings is 1. The van der Waals surface area contributed by atoms with Crippen molar-refractivity contribution in [2.45, 2.75) is 33.9 Å². The molecule has 0 bridgehead atoms. The highest BCUT2D eigenvalue weighted by atomic mass is 32.1. The largest absolute Gasteiger partial charge is 0.368 e. The van der Waals surface area contributed by atoms with Gasteiger partial charge in [0.1, 0.15) is 5.01 Å². The molecule has 0 unspecified atom stereocenters. The molecule has 0 aliphatic carbocycles. The minimum Gasteiger partial charge on any atom is -0.368 e. The molecule has 9 heteroatoms. The van der Waals surface area contributed by atoms with Crippen LogP contribution >= 0.6 is 11.3 Å². The molecular formula is C19H26N6O2S. The highest BCUT2D eigenvalue weighted by molar-refractivity contribution is 7.11. The average molecular weight is 403 g/mol. The predicted octanol–water partition coefficient (Wildman–Crippen LogP) is 1.23. The molecule has 2 aromatic rings. The Morgan fingerprint density at radius 2 is 1.86 bits per heavy atom. The lowest BCUT2D eigenvalue weighted by Gasteiger charge is -2.10. The molecule has 0 aliphatic heterocycles. The van der Waals surface area contributed by atoms with E-state index in [0.717, 1.165) is 22.8 Å². The maximum atomic E-state index is 11.9. The van der Waals surface area contributed by atoms with Crippen LogP contribution in [0.4, 0.5) is 0 Å². The first-order valence-electron chi connectivity index (χ1n) is 8.99. The van der Waals surface area contributed by atoms with E-state index in [2.05, 4.69) is 32.9 Å². The Morgan fingerprint density at radius 3 is 2.43 bits per heavy atom. The normalized spacial score (nSPS) is 11.2. The molecule has 8 nitrogen and oxygen atoms in total. The molecule has 1 aromatic heterocycles. The fourth-order valence-corrected chi connectivity index (χ4v) is 3.19. The number of hydrogen-bond donors (Lipinski definition) is 4. The monoisotopic (exact) mass is 402 g/mol. The van der Waals surface area contributed by atoms with Crippen LogP contribution < -0.4 is 21.7 Å². The van der Waals surface area contributed by atoms with E-state index in [1.165, 1.54) is 4.88 Å². The van der Waals surface area contributed by atoms with Crippen molar-refractivity contribution in [3.8, 4) is 0 Å². The van der Waals surface area contributed by atoms with Crippen molar-refractivity contribution in [3.63, 3.8) is 0 Å². The van der Waals surface area contributed by atoms with Crippen LogP contribution in [0.1, 0.15) is 38.4 Å². The number of rotatable bonds is 8. The van der Waals surface area contributed by atoms with Crippen molar-refractivity contribution in [2.24, 2.45) is 10.7 Å². The number of aromatic nitrogens is 1. The Labute approximate surface area is 168 Å². The summed E-state index contributed by atoms with van der Waals surface area (Å²) in [5, 5.41) is 9.97. The van der Waals surface area contributed by atoms with Crippen LogP contribution in [0.15, 0.2) is 29.3 Å². The average Bonchev–Trinajstić information content (AvgIpc) is 3.00. The molecule has 0 aliphatic rings. The van der Waals surface area contributed by atoms with Crippen molar-refractivity contribution in [3.05, 3.63) is 51.0 Å². The lowest BCUT2D eigenvalue weighted by Crippen LogP contribution is -2.36. The first-order valence-corrected chi connectivity index (χ1v) is 9.81. The number of aliphatic imine (C=N–C) groups is 1. The molecule has 1 heterocycles. The fourth-order valence-electron chi connectivity index (χ4n) is 2.32. The zero-order chi connectivity index (χ0) is 20.5. The topological polar surface area (TPSA) is 122 Å². The Bertz CT molecular complexity index is 825. The highest BCUT2D eigenvalue weighted by Crippen LogP contribution is 2.15. The standard InChI is InChI=1S/C19H26N6O2S/c1-4-21-19(24-11-17-25-12(2)13(3)28-17)23-9-14-5-7-15(8-6-14)18(27)22-10-16(20)26/h5-8H,4,9-11H2,1-3H3,(H2,20,26)(H,22,27)(H2,21,23,24).